The van der Waals surface area contributed by atoms with Crippen LogP contribution in [0.2, 0.25) is 0 Å². The SMILES string of the molecule is C[C@H](NC(=O)[C@@H]1COC(=O)[C@H](CC2C=CC(Cl)=CC2)N1)c1ccccc1. The van der Waals surface area contributed by atoms with E-state index in [1.165, 1.54) is 0 Å². The van der Waals surface area contributed by atoms with E-state index in [1.54, 1.807) is 0 Å². The largest absolute Gasteiger partial charge is 0.462 e. The van der Waals surface area contributed by atoms with Crippen molar-refractivity contribution >= 4 is 23.5 Å². The molecule has 1 heterocycles. The molecule has 0 radical (unpaired) electrons. The quantitative estimate of drug-likeness (QED) is 0.778. The molecule has 1 amide bonds. The first-order valence-electron chi connectivity index (χ1n) is 8.85. The van der Waals surface area contributed by atoms with Crippen molar-refractivity contribution < 1.29 is 14.3 Å². The molecule has 4 atom stereocenters. The number of ether oxygens (including phenoxy) is 1. The minimum atomic E-state index is -0.546. The lowest BCUT2D eigenvalue weighted by atomic mass is 9.92. The van der Waals surface area contributed by atoms with Crippen LogP contribution in [0.5, 0.6) is 0 Å². The number of carbonyl (C=O) groups is 2. The normalized spacial score (nSPS) is 26.6. The number of benzene rings is 1. The molecule has 2 aliphatic rings. The first-order chi connectivity index (χ1) is 12.5. The van der Waals surface area contributed by atoms with Gasteiger partial charge in [-0.1, -0.05) is 54.1 Å². The van der Waals surface area contributed by atoms with Crippen molar-refractivity contribution in [2.45, 2.75) is 37.9 Å². The molecule has 0 bridgehead atoms. The Labute approximate surface area is 158 Å². The number of amides is 1. The molecule has 1 fully saturated rings. The Morgan fingerprint density at radius 3 is 2.85 bits per heavy atom. The van der Waals surface area contributed by atoms with Crippen molar-refractivity contribution in [3.05, 3.63) is 59.2 Å². The summed E-state index contributed by atoms with van der Waals surface area (Å²) in [5, 5.41) is 6.84. The molecule has 26 heavy (non-hydrogen) atoms. The average Bonchev–Trinajstić information content (AvgIpc) is 2.66. The van der Waals surface area contributed by atoms with Crippen LogP contribution >= 0.6 is 11.6 Å². The maximum absolute atomic E-state index is 12.6. The van der Waals surface area contributed by atoms with Gasteiger partial charge in [0, 0.05) is 5.03 Å². The Kier molecular flexibility index (Phi) is 6.12. The summed E-state index contributed by atoms with van der Waals surface area (Å²) in [5.41, 5.74) is 1.03. The van der Waals surface area contributed by atoms with Gasteiger partial charge < -0.3 is 10.1 Å². The third-order valence-electron chi connectivity index (χ3n) is 4.74. The zero-order chi connectivity index (χ0) is 18.5. The minimum Gasteiger partial charge on any atom is -0.462 e. The molecule has 0 saturated carbocycles. The monoisotopic (exact) mass is 374 g/mol. The van der Waals surface area contributed by atoms with E-state index in [1.807, 2.05) is 55.5 Å². The first kappa shape index (κ1) is 18.7. The zero-order valence-corrected chi connectivity index (χ0v) is 15.4. The number of rotatable bonds is 5. The predicted molar refractivity (Wildman–Crippen MR) is 100 cm³/mol. The van der Waals surface area contributed by atoms with Crippen LogP contribution < -0.4 is 10.6 Å². The maximum Gasteiger partial charge on any atom is 0.323 e. The summed E-state index contributed by atoms with van der Waals surface area (Å²) in [6, 6.07) is 8.59. The molecule has 138 valence electrons. The highest BCUT2D eigenvalue weighted by Crippen LogP contribution is 2.24. The van der Waals surface area contributed by atoms with Gasteiger partial charge in [0.2, 0.25) is 5.91 Å². The molecule has 1 aliphatic heterocycles. The number of carbonyl (C=O) groups excluding carboxylic acids is 2. The number of esters is 1. The van der Waals surface area contributed by atoms with Crippen LogP contribution in [-0.2, 0) is 14.3 Å². The lowest BCUT2D eigenvalue weighted by Crippen LogP contribution is -2.58. The summed E-state index contributed by atoms with van der Waals surface area (Å²) in [6.45, 7) is 1.98. The number of hydrogen-bond donors (Lipinski definition) is 2. The van der Waals surface area contributed by atoms with Gasteiger partial charge in [0.1, 0.15) is 18.7 Å². The van der Waals surface area contributed by atoms with Gasteiger partial charge in [0.15, 0.2) is 0 Å². The van der Waals surface area contributed by atoms with Crippen molar-refractivity contribution in [3.8, 4) is 0 Å². The summed E-state index contributed by atoms with van der Waals surface area (Å²) in [6.07, 6.45) is 7.14. The number of cyclic esters (lactones) is 1. The second kappa shape index (κ2) is 8.52. The third kappa shape index (κ3) is 4.74. The summed E-state index contributed by atoms with van der Waals surface area (Å²) >= 11 is 5.93. The van der Waals surface area contributed by atoms with Crippen LogP contribution in [0, 0.1) is 5.92 Å². The minimum absolute atomic E-state index is 0.0505. The lowest BCUT2D eigenvalue weighted by molar-refractivity contribution is -0.154. The van der Waals surface area contributed by atoms with Gasteiger partial charge in [-0.3, -0.25) is 14.9 Å². The molecule has 1 saturated heterocycles. The van der Waals surface area contributed by atoms with E-state index in [0.29, 0.717) is 11.5 Å². The van der Waals surface area contributed by atoms with Crippen LogP contribution in [0.4, 0.5) is 0 Å². The lowest BCUT2D eigenvalue weighted by Gasteiger charge is -2.31. The molecular weight excluding hydrogens is 352 g/mol. The Balaban J connectivity index is 1.56. The molecule has 5 nitrogen and oxygen atoms in total. The van der Waals surface area contributed by atoms with Gasteiger partial charge in [-0.25, -0.2) is 0 Å². The zero-order valence-electron chi connectivity index (χ0n) is 14.7. The Morgan fingerprint density at radius 2 is 2.15 bits per heavy atom. The summed E-state index contributed by atoms with van der Waals surface area (Å²) in [4.78, 5) is 24.6. The fraction of sp³-hybridized carbons (Fsp3) is 0.400. The van der Waals surface area contributed by atoms with Gasteiger partial charge in [0.25, 0.3) is 0 Å². The van der Waals surface area contributed by atoms with Gasteiger partial charge in [-0.15, -0.1) is 0 Å². The standard InChI is InChI=1S/C20H23ClN2O3/c1-13(15-5-3-2-4-6-15)22-19(24)18-12-26-20(25)17(23-18)11-14-7-9-16(21)10-8-14/h2-7,9-10,13-14,17-18,23H,8,11-12H2,1H3,(H,22,24)/t13-,14?,17-,18-/m0/s1. The van der Waals surface area contributed by atoms with E-state index < -0.39 is 12.1 Å². The van der Waals surface area contributed by atoms with E-state index in [2.05, 4.69) is 10.6 Å². The topological polar surface area (TPSA) is 67.4 Å². The Hall–Kier alpha value is -2.11. The van der Waals surface area contributed by atoms with Crippen LogP contribution in [0.25, 0.3) is 0 Å². The number of nitrogens with one attached hydrogen (secondary N) is 2. The van der Waals surface area contributed by atoms with E-state index in [9.17, 15) is 9.59 Å². The molecule has 6 heteroatoms. The van der Waals surface area contributed by atoms with Crippen LogP contribution in [0.15, 0.2) is 53.6 Å². The fourth-order valence-electron chi connectivity index (χ4n) is 3.20. The maximum atomic E-state index is 12.6. The second-order valence-corrected chi connectivity index (χ2v) is 7.16. The second-order valence-electron chi connectivity index (χ2n) is 6.72. The van der Waals surface area contributed by atoms with Crippen molar-refractivity contribution in [3.63, 3.8) is 0 Å². The van der Waals surface area contributed by atoms with Crippen LogP contribution in [0.3, 0.4) is 0 Å². The number of allylic oxidation sites excluding steroid dienone is 4. The van der Waals surface area contributed by atoms with Crippen LogP contribution in [0.1, 0.15) is 31.4 Å². The summed E-state index contributed by atoms with van der Waals surface area (Å²) in [5.74, 6) is -0.271. The van der Waals surface area contributed by atoms with Crippen molar-refractivity contribution in [2.24, 2.45) is 5.92 Å². The molecule has 0 aromatic heterocycles. The molecule has 1 aromatic rings. The van der Waals surface area contributed by atoms with Gasteiger partial charge in [-0.2, -0.15) is 0 Å². The van der Waals surface area contributed by atoms with E-state index in [-0.39, 0.29) is 30.4 Å². The van der Waals surface area contributed by atoms with E-state index in [0.717, 1.165) is 12.0 Å². The molecular formula is C20H23ClN2O3. The Bertz CT molecular complexity index is 717. The number of morpholine rings is 1. The highest BCUT2D eigenvalue weighted by atomic mass is 35.5. The van der Waals surface area contributed by atoms with Gasteiger partial charge in [-0.05, 0) is 37.3 Å². The smallest absolute Gasteiger partial charge is 0.323 e. The predicted octanol–water partition coefficient (Wildman–Crippen LogP) is 2.84. The van der Waals surface area contributed by atoms with Gasteiger partial charge >= 0.3 is 5.97 Å². The van der Waals surface area contributed by atoms with Crippen molar-refractivity contribution in [1.82, 2.24) is 10.6 Å². The highest BCUT2D eigenvalue weighted by Gasteiger charge is 2.35. The van der Waals surface area contributed by atoms with E-state index >= 15 is 0 Å². The first-order valence-corrected chi connectivity index (χ1v) is 9.22. The van der Waals surface area contributed by atoms with Gasteiger partial charge in [0.05, 0.1) is 6.04 Å². The molecule has 2 N–H and O–H groups in total. The highest BCUT2D eigenvalue weighted by molar-refractivity contribution is 6.31. The molecule has 3 rings (SSSR count). The number of hydrogen-bond acceptors (Lipinski definition) is 4. The van der Waals surface area contributed by atoms with Crippen molar-refractivity contribution in [2.75, 3.05) is 6.61 Å². The van der Waals surface area contributed by atoms with Crippen molar-refractivity contribution in [1.29, 1.82) is 0 Å². The summed E-state index contributed by atoms with van der Waals surface area (Å²) in [7, 11) is 0. The van der Waals surface area contributed by atoms with E-state index in [4.69, 9.17) is 16.3 Å². The molecule has 1 unspecified atom stereocenters. The molecule has 0 spiro atoms. The molecule has 1 aromatic carbocycles. The number of halogens is 1. The van der Waals surface area contributed by atoms with Crippen LogP contribution in [-0.4, -0.2) is 30.6 Å². The fourth-order valence-corrected chi connectivity index (χ4v) is 3.36. The Morgan fingerprint density at radius 1 is 1.38 bits per heavy atom. The third-order valence-corrected chi connectivity index (χ3v) is 5.02. The average molecular weight is 375 g/mol. The summed E-state index contributed by atoms with van der Waals surface area (Å²) < 4.78 is 5.25. The molecule has 1 aliphatic carbocycles.